The molecule has 0 bridgehead atoms. The predicted octanol–water partition coefficient (Wildman–Crippen LogP) is 2.45. The van der Waals surface area contributed by atoms with E-state index >= 15 is 0 Å². The van der Waals surface area contributed by atoms with E-state index in [0.29, 0.717) is 19.0 Å². The molecule has 1 rings (SSSR count). The largest absolute Gasteiger partial charge is 0.355 e. The molecule has 0 spiro atoms. The van der Waals surface area contributed by atoms with Crippen LogP contribution in [0.3, 0.4) is 0 Å². The van der Waals surface area contributed by atoms with Crippen molar-refractivity contribution in [3.8, 4) is 0 Å². The second kappa shape index (κ2) is 10.7. The van der Waals surface area contributed by atoms with Crippen molar-refractivity contribution in [2.24, 2.45) is 4.99 Å². The molecule has 27 heavy (non-hydrogen) atoms. The van der Waals surface area contributed by atoms with Crippen molar-refractivity contribution in [2.75, 3.05) is 39.0 Å². The van der Waals surface area contributed by atoms with Crippen LogP contribution >= 0.6 is 0 Å². The average Bonchev–Trinajstić information content (AvgIpc) is 2.63. The maximum Gasteiger partial charge on any atom is 0.191 e. The summed E-state index contributed by atoms with van der Waals surface area (Å²) >= 11 is 0. The molecule has 0 aliphatic carbocycles. The first kappa shape index (κ1) is 23.4. The number of guanidine groups is 1. The highest BCUT2D eigenvalue weighted by Crippen LogP contribution is 2.19. The summed E-state index contributed by atoms with van der Waals surface area (Å²) in [6.45, 7) is 12.4. The molecule has 0 amide bonds. The van der Waals surface area contributed by atoms with Gasteiger partial charge in [-0.05, 0) is 39.4 Å². The number of aliphatic imine (C=N–C) groups is 1. The molecule has 1 unspecified atom stereocenters. The number of likely N-dealkylation sites (N-methyl/N-ethyl adjacent to an activating group) is 1. The van der Waals surface area contributed by atoms with Gasteiger partial charge in [0.1, 0.15) is 0 Å². The quantitative estimate of drug-likeness (QED) is 0.495. The Morgan fingerprint density at radius 2 is 1.70 bits per heavy atom. The maximum absolute atomic E-state index is 12.2. The molecule has 6 nitrogen and oxygen atoms in total. The Bertz CT molecular complexity index is 678. The van der Waals surface area contributed by atoms with Crippen LogP contribution in [0.1, 0.15) is 46.2 Å². The molecule has 0 aliphatic rings. The van der Waals surface area contributed by atoms with Gasteiger partial charge in [0.05, 0.1) is 16.5 Å². The van der Waals surface area contributed by atoms with Gasteiger partial charge in [-0.3, -0.25) is 9.89 Å². The van der Waals surface area contributed by atoms with Gasteiger partial charge in [0.25, 0.3) is 0 Å². The number of benzene rings is 1. The van der Waals surface area contributed by atoms with Gasteiger partial charge in [0.2, 0.25) is 0 Å². The Balaban J connectivity index is 2.70. The lowest BCUT2D eigenvalue weighted by Crippen LogP contribution is -2.45. The van der Waals surface area contributed by atoms with Crippen molar-refractivity contribution in [3.63, 3.8) is 0 Å². The molecular formula is C20H36N4O2S. The van der Waals surface area contributed by atoms with Crippen LogP contribution in [0.5, 0.6) is 0 Å². The number of hydrogen-bond donors (Lipinski definition) is 2. The smallest absolute Gasteiger partial charge is 0.191 e. The zero-order valence-electron chi connectivity index (χ0n) is 17.6. The normalized spacial score (nSPS) is 14.3. The second-order valence-corrected chi connectivity index (χ2v) is 10.3. The number of sulfone groups is 1. The van der Waals surface area contributed by atoms with Crippen molar-refractivity contribution in [1.29, 1.82) is 0 Å². The Morgan fingerprint density at radius 3 is 2.19 bits per heavy atom. The molecule has 7 heteroatoms. The summed E-state index contributed by atoms with van der Waals surface area (Å²) in [5, 5.41) is 6.47. The number of nitrogens with one attached hydrogen (secondary N) is 2. The molecule has 1 aromatic rings. The van der Waals surface area contributed by atoms with Crippen molar-refractivity contribution in [1.82, 2.24) is 15.5 Å². The van der Waals surface area contributed by atoms with Gasteiger partial charge in [-0.15, -0.1) is 0 Å². The Labute approximate surface area is 165 Å². The first-order chi connectivity index (χ1) is 12.7. The molecule has 0 aliphatic heterocycles. The van der Waals surface area contributed by atoms with E-state index in [2.05, 4.69) is 58.6 Å². The molecule has 1 aromatic carbocycles. The minimum atomic E-state index is -3.15. The Hall–Kier alpha value is -1.60. The van der Waals surface area contributed by atoms with Crippen LogP contribution in [0.4, 0.5) is 0 Å². The zero-order chi connectivity index (χ0) is 20.5. The third-order valence-electron chi connectivity index (χ3n) is 4.72. The average molecular weight is 397 g/mol. The SMILES string of the molecule is CCN(CC)C(CNC(=NC)NCCS(=O)(=O)C(C)(C)C)c1ccccc1. The summed E-state index contributed by atoms with van der Waals surface area (Å²) in [6.07, 6.45) is 0. The fourth-order valence-electron chi connectivity index (χ4n) is 2.82. The highest BCUT2D eigenvalue weighted by atomic mass is 32.2. The molecule has 0 aromatic heterocycles. The van der Waals surface area contributed by atoms with E-state index in [4.69, 9.17) is 0 Å². The minimum absolute atomic E-state index is 0.0787. The first-order valence-corrected chi connectivity index (χ1v) is 11.3. The molecule has 0 fully saturated rings. The standard InChI is InChI=1S/C20H36N4O2S/c1-7-24(8-2)18(17-12-10-9-11-13-17)16-23-19(21-6)22-14-15-27(25,26)20(3,4)5/h9-13,18H,7-8,14-16H2,1-6H3,(H2,21,22,23). The number of rotatable bonds is 9. The van der Waals surface area contributed by atoms with Gasteiger partial charge < -0.3 is 10.6 Å². The predicted molar refractivity (Wildman–Crippen MR) is 115 cm³/mol. The van der Waals surface area contributed by atoms with Gasteiger partial charge in [-0.2, -0.15) is 0 Å². The summed E-state index contributed by atoms with van der Waals surface area (Å²) in [7, 11) is -1.45. The van der Waals surface area contributed by atoms with Crippen molar-refractivity contribution in [2.45, 2.75) is 45.4 Å². The van der Waals surface area contributed by atoms with E-state index in [0.717, 1.165) is 13.1 Å². The topological polar surface area (TPSA) is 73.8 Å². The maximum atomic E-state index is 12.2. The molecule has 0 heterocycles. The van der Waals surface area contributed by atoms with E-state index in [1.165, 1.54) is 5.56 Å². The summed E-state index contributed by atoms with van der Waals surface area (Å²) in [4.78, 5) is 6.62. The fraction of sp³-hybridized carbons (Fsp3) is 0.650. The third-order valence-corrected chi connectivity index (χ3v) is 7.33. The Kier molecular flexibility index (Phi) is 9.26. The highest BCUT2D eigenvalue weighted by Gasteiger charge is 2.28. The van der Waals surface area contributed by atoms with Crippen molar-refractivity contribution in [3.05, 3.63) is 35.9 Å². The molecule has 0 radical (unpaired) electrons. The van der Waals surface area contributed by atoms with Crippen molar-refractivity contribution >= 4 is 15.8 Å². The molecule has 2 N–H and O–H groups in total. The van der Waals surface area contributed by atoms with Crippen LogP contribution in [0, 0.1) is 0 Å². The van der Waals surface area contributed by atoms with Crippen LogP contribution in [0.2, 0.25) is 0 Å². The van der Waals surface area contributed by atoms with E-state index in [1.807, 2.05) is 6.07 Å². The van der Waals surface area contributed by atoms with Crippen molar-refractivity contribution < 1.29 is 8.42 Å². The third kappa shape index (κ3) is 7.14. The van der Waals surface area contributed by atoms with Gasteiger partial charge >= 0.3 is 0 Å². The van der Waals surface area contributed by atoms with Crippen LogP contribution in [-0.4, -0.2) is 63.0 Å². The van der Waals surface area contributed by atoms with E-state index in [1.54, 1.807) is 27.8 Å². The van der Waals surface area contributed by atoms with E-state index in [-0.39, 0.29) is 11.8 Å². The summed E-state index contributed by atoms with van der Waals surface area (Å²) < 4.78 is 23.7. The van der Waals surface area contributed by atoms with Crippen LogP contribution in [0.25, 0.3) is 0 Å². The second-order valence-electron chi connectivity index (χ2n) is 7.46. The monoisotopic (exact) mass is 396 g/mol. The lowest BCUT2D eigenvalue weighted by molar-refractivity contribution is 0.219. The van der Waals surface area contributed by atoms with Crippen LogP contribution < -0.4 is 10.6 Å². The highest BCUT2D eigenvalue weighted by molar-refractivity contribution is 7.92. The first-order valence-electron chi connectivity index (χ1n) is 9.62. The van der Waals surface area contributed by atoms with Gasteiger partial charge in [0, 0.05) is 20.1 Å². The van der Waals surface area contributed by atoms with Crippen LogP contribution in [0.15, 0.2) is 35.3 Å². The molecule has 0 saturated carbocycles. The van der Waals surface area contributed by atoms with E-state index in [9.17, 15) is 8.42 Å². The molecular weight excluding hydrogens is 360 g/mol. The molecule has 154 valence electrons. The Morgan fingerprint density at radius 1 is 1.11 bits per heavy atom. The van der Waals surface area contributed by atoms with Gasteiger partial charge in [-0.25, -0.2) is 8.42 Å². The summed E-state index contributed by atoms with van der Waals surface area (Å²) in [5.41, 5.74) is 1.25. The minimum Gasteiger partial charge on any atom is -0.355 e. The lowest BCUT2D eigenvalue weighted by Gasteiger charge is -2.31. The molecule has 0 saturated heterocycles. The summed E-state index contributed by atoms with van der Waals surface area (Å²) in [5.74, 6) is 0.697. The lowest BCUT2D eigenvalue weighted by atomic mass is 10.1. The number of hydrogen-bond acceptors (Lipinski definition) is 4. The van der Waals surface area contributed by atoms with Gasteiger partial charge in [-0.1, -0.05) is 44.2 Å². The van der Waals surface area contributed by atoms with E-state index < -0.39 is 14.6 Å². The zero-order valence-corrected chi connectivity index (χ0v) is 18.4. The van der Waals surface area contributed by atoms with Gasteiger partial charge in [0.15, 0.2) is 15.8 Å². The fourth-order valence-corrected chi connectivity index (χ4v) is 3.80. The van der Waals surface area contributed by atoms with Crippen LogP contribution in [-0.2, 0) is 9.84 Å². The molecule has 1 atom stereocenters. The number of nitrogens with zero attached hydrogens (tertiary/aromatic N) is 2. The summed E-state index contributed by atoms with van der Waals surface area (Å²) in [6, 6.07) is 10.6.